The number of hydrogen-bond acceptors (Lipinski definition) is 7. The fraction of sp³-hybridized carbons (Fsp3) is 0.537. The fourth-order valence-electron chi connectivity index (χ4n) is 9.25. The van der Waals surface area contributed by atoms with E-state index in [1.165, 1.54) is 16.7 Å². The number of amides is 2. The molecule has 10 nitrogen and oxygen atoms in total. The zero-order chi connectivity index (χ0) is 36.2. The average Bonchev–Trinajstić information content (AvgIpc) is 3.82. The van der Waals surface area contributed by atoms with Crippen molar-refractivity contribution in [1.29, 1.82) is 0 Å². The number of allylic oxidation sites excluding steroid dienone is 1. The zero-order valence-corrected chi connectivity index (χ0v) is 31.6. The van der Waals surface area contributed by atoms with E-state index >= 15 is 0 Å². The van der Waals surface area contributed by atoms with Crippen molar-refractivity contribution in [2.45, 2.75) is 76.2 Å². The van der Waals surface area contributed by atoms with E-state index in [1.807, 2.05) is 32.3 Å². The molecular weight excluding hydrogens is 675 g/mol. The number of carbonyl (C=O) groups excluding carboxylic acids is 2. The lowest BCUT2D eigenvalue weighted by atomic mass is 9.68. The van der Waals surface area contributed by atoms with Crippen molar-refractivity contribution in [2.24, 2.45) is 35.1 Å². The summed E-state index contributed by atoms with van der Waals surface area (Å²) in [5.74, 6) is 0.226. The summed E-state index contributed by atoms with van der Waals surface area (Å²) in [5, 5.41) is 4.25. The van der Waals surface area contributed by atoms with Crippen LogP contribution in [0.1, 0.15) is 84.0 Å². The third-order valence-electron chi connectivity index (χ3n) is 12.2. The molecule has 2 aliphatic heterocycles. The van der Waals surface area contributed by atoms with Gasteiger partial charge in [-0.05, 0) is 110 Å². The molecule has 1 aromatic heterocycles. The summed E-state index contributed by atoms with van der Waals surface area (Å²) < 4.78 is 36.3. The molecule has 2 aromatic carbocycles. The second-order valence-electron chi connectivity index (χ2n) is 16.2. The molecule has 2 fully saturated rings. The first-order chi connectivity index (χ1) is 25.0. The van der Waals surface area contributed by atoms with Crippen molar-refractivity contribution in [3.05, 3.63) is 88.8 Å². The summed E-state index contributed by atoms with van der Waals surface area (Å²) in [7, 11) is 0.177. The second kappa shape index (κ2) is 13.8. The van der Waals surface area contributed by atoms with E-state index in [9.17, 15) is 13.8 Å². The van der Waals surface area contributed by atoms with E-state index in [-0.39, 0.29) is 40.9 Å². The molecule has 5 aliphatic rings. The van der Waals surface area contributed by atoms with Crippen LogP contribution in [0.15, 0.2) is 65.3 Å². The molecule has 3 aromatic rings. The number of nitrogens with one attached hydrogen (secondary N) is 1. The Morgan fingerprint density at radius 1 is 1.17 bits per heavy atom. The number of fused-ring (bicyclic) bond motifs is 4. The van der Waals surface area contributed by atoms with Gasteiger partial charge < -0.3 is 14.4 Å². The molecule has 0 radical (unpaired) electrons. The molecule has 1 spiro atoms. The number of nitrogens with zero attached hydrogens (tertiary/aromatic N) is 4. The number of rotatable bonds is 4. The van der Waals surface area contributed by atoms with Crippen molar-refractivity contribution >= 4 is 27.4 Å². The predicted molar refractivity (Wildman–Crippen MR) is 202 cm³/mol. The van der Waals surface area contributed by atoms with Crippen LogP contribution in [0.3, 0.4) is 0 Å². The molecule has 3 aliphatic carbocycles. The molecule has 1 N–H and O–H groups in total. The maximum Gasteiger partial charge on any atom is 0.286 e. The third kappa shape index (κ3) is 6.82. The molecule has 52 heavy (non-hydrogen) atoms. The molecule has 276 valence electrons. The highest BCUT2D eigenvalue weighted by molar-refractivity contribution is 7.92. The molecule has 8 rings (SSSR count). The predicted octanol–water partition coefficient (Wildman–Crippen LogP) is 6.28. The lowest BCUT2D eigenvalue weighted by molar-refractivity contribution is -0.120. The quantitative estimate of drug-likeness (QED) is 0.315. The Balaban J connectivity index is 1.16. The van der Waals surface area contributed by atoms with E-state index in [4.69, 9.17) is 9.47 Å². The van der Waals surface area contributed by atoms with E-state index in [0.717, 1.165) is 62.2 Å². The van der Waals surface area contributed by atoms with Crippen LogP contribution in [-0.4, -0.2) is 64.5 Å². The number of ether oxygens (including phenoxy) is 2. The summed E-state index contributed by atoms with van der Waals surface area (Å²) in [6.07, 6.45) is 14.6. The lowest BCUT2D eigenvalue weighted by Gasteiger charge is -2.46. The highest BCUT2D eigenvalue weighted by Crippen LogP contribution is 2.48. The number of hydrogen-bond donors (Lipinski definition) is 1. The molecule has 3 heterocycles. The number of benzene rings is 2. The Morgan fingerprint density at radius 3 is 2.81 bits per heavy atom. The minimum atomic E-state index is -3.45. The van der Waals surface area contributed by atoms with Gasteiger partial charge in [0.25, 0.3) is 5.91 Å². The zero-order valence-electron chi connectivity index (χ0n) is 30.8. The average molecular weight is 726 g/mol. The number of aryl methyl sites for hydroxylation is 3. The van der Waals surface area contributed by atoms with Crippen molar-refractivity contribution in [3.63, 3.8) is 0 Å². The molecule has 8 atom stereocenters. The Hall–Kier alpha value is -3.96. The van der Waals surface area contributed by atoms with Gasteiger partial charge in [0.2, 0.25) is 5.91 Å². The van der Waals surface area contributed by atoms with Gasteiger partial charge in [0.05, 0.1) is 30.3 Å². The number of aromatic nitrogens is 2. The number of anilines is 1. The molecule has 11 heteroatoms. The lowest BCUT2D eigenvalue weighted by Crippen LogP contribution is -2.49. The van der Waals surface area contributed by atoms with Gasteiger partial charge >= 0.3 is 0 Å². The summed E-state index contributed by atoms with van der Waals surface area (Å²) in [5.41, 5.74) is 6.03. The van der Waals surface area contributed by atoms with Crippen molar-refractivity contribution in [3.8, 4) is 5.75 Å². The second-order valence-corrected chi connectivity index (χ2v) is 18.2. The van der Waals surface area contributed by atoms with E-state index in [1.54, 1.807) is 24.1 Å². The molecule has 3 unspecified atom stereocenters. The van der Waals surface area contributed by atoms with Crippen molar-refractivity contribution < 1.29 is 23.3 Å². The summed E-state index contributed by atoms with van der Waals surface area (Å²) >= 11 is 0. The number of carbonyl (C=O) groups is 2. The fourth-order valence-corrected chi connectivity index (χ4v) is 11.2. The smallest absolute Gasteiger partial charge is 0.286 e. The summed E-state index contributed by atoms with van der Waals surface area (Å²) in [6.45, 7) is 6.28. The number of methoxy groups -OCH3 is 1. The molecule has 0 saturated heterocycles. The first-order valence-electron chi connectivity index (χ1n) is 18.9. The van der Waals surface area contributed by atoms with Crippen LogP contribution in [-0.2, 0) is 38.3 Å². The standard InChI is InChI=1S/C41H51N5O5S/c1-26-10-14-35-28(17-26)8-6-16-41(35)24-46-22-30-11-13-32(30)37(50-4)9-5-7-27(2)23-52(49,43-39(47)29-12-15-38(51-25-41)36(46)18-29)44-40(48)34-19-33(34)31-20-42-45(3)21-31/h5,9-10,12,14-15,17-18,20-21,27,30,32-34,37H,6-8,11,13,16,19,22-25H2,1-4H3,(H,43,44,47,48,49)/b9-5+/t27-,30-,32+,33?,34?,37-,41-,52?/m0/s1. The Bertz CT molecular complexity index is 2030. The first kappa shape index (κ1) is 35.1. The SMILES string of the molecule is CO[C@H]1/C=C/C[C@H](C)CS(=O)(NC(=O)C2CC2c2cnn(C)c2)=NC(=O)c2ccc3c(c2)N(C[C@@H]2CC[C@H]21)C[C@@]1(CCCc2cc(C)ccc21)CO3. The highest BCUT2D eigenvalue weighted by Gasteiger charge is 2.46. The van der Waals surface area contributed by atoms with Crippen LogP contribution < -0.4 is 14.4 Å². The van der Waals surface area contributed by atoms with Gasteiger partial charge in [0.1, 0.15) is 15.7 Å². The summed E-state index contributed by atoms with van der Waals surface area (Å²) in [6, 6.07) is 12.3. The van der Waals surface area contributed by atoms with Crippen LogP contribution in [0.2, 0.25) is 0 Å². The molecule has 2 saturated carbocycles. The van der Waals surface area contributed by atoms with E-state index < -0.39 is 15.8 Å². The normalized spacial score (nSPS) is 33.4. The minimum Gasteiger partial charge on any atom is -0.490 e. The van der Waals surface area contributed by atoms with Gasteiger partial charge in [-0.3, -0.25) is 19.0 Å². The van der Waals surface area contributed by atoms with Crippen LogP contribution in [0.5, 0.6) is 5.75 Å². The molecule has 2 amide bonds. The monoisotopic (exact) mass is 725 g/mol. The van der Waals surface area contributed by atoms with Crippen molar-refractivity contribution in [2.75, 3.05) is 37.5 Å². The van der Waals surface area contributed by atoms with Gasteiger partial charge in [0.15, 0.2) is 0 Å². The van der Waals surface area contributed by atoms with Crippen LogP contribution in [0, 0.1) is 30.6 Å². The summed E-state index contributed by atoms with van der Waals surface area (Å²) in [4.78, 5) is 30.1. The van der Waals surface area contributed by atoms with Crippen LogP contribution in [0.25, 0.3) is 0 Å². The van der Waals surface area contributed by atoms with E-state index in [0.29, 0.717) is 36.8 Å². The van der Waals surface area contributed by atoms with Gasteiger partial charge in [-0.15, -0.1) is 4.36 Å². The van der Waals surface area contributed by atoms with Gasteiger partial charge in [0, 0.05) is 50.3 Å². The minimum absolute atomic E-state index is 0.0132. The van der Waals surface area contributed by atoms with Crippen LogP contribution >= 0.6 is 0 Å². The Kier molecular flexibility index (Phi) is 9.30. The maximum absolute atomic E-state index is 14.6. The van der Waals surface area contributed by atoms with Gasteiger partial charge in [-0.2, -0.15) is 5.10 Å². The van der Waals surface area contributed by atoms with Gasteiger partial charge in [-0.1, -0.05) is 42.8 Å². The third-order valence-corrected chi connectivity index (χ3v) is 14.2. The largest absolute Gasteiger partial charge is 0.490 e. The molecular formula is C41H51N5O5S. The van der Waals surface area contributed by atoms with Crippen LogP contribution in [0.4, 0.5) is 5.69 Å². The topological polar surface area (TPSA) is 115 Å². The van der Waals surface area contributed by atoms with Crippen molar-refractivity contribution in [1.82, 2.24) is 14.5 Å². The molecule has 2 bridgehead atoms. The first-order valence-corrected chi connectivity index (χ1v) is 20.6. The maximum atomic E-state index is 14.6. The Morgan fingerprint density at radius 2 is 2.04 bits per heavy atom. The Labute approximate surface area is 307 Å². The van der Waals surface area contributed by atoms with Gasteiger partial charge in [-0.25, -0.2) is 4.21 Å². The van der Waals surface area contributed by atoms with E-state index in [2.05, 4.69) is 56.4 Å². The highest BCUT2D eigenvalue weighted by atomic mass is 32.2.